The first-order valence-corrected chi connectivity index (χ1v) is 6.06. The van der Waals surface area contributed by atoms with Gasteiger partial charge in [0.05, 0.1) is 18.3 Å². The second kappa shape index (κ2) is 4.85. The molecule has 0 saturated heterocycles. The number of rotatable bonds is 3. The molecule has 0 amide bonds. The van der Waals surface area contributed by atoms with Gasteiger partial charge in [0.15, 0.2) is 11.3 Å². The summed E-state index contributed by atoms with van der Waals surface area (Å²) >= 11 is 0. The fourth-order valence-corrected chi connectivity index (χ4v) is 1.85. The number of nitrogens with zero attached hydrogens (tertiary/aromatic N) is 4. The van der Waals surface area contributed by atoms with Gasteiger partial charge in [-0.25, -0.2) is 4.98 Å². The molecule has 0 unspecified atom stereocenters. The van der Waals surface area contributed by atoms with Crippen LogP contribution in [0.4, 0.5) is 13.2 Å². The Bertz CT molecular complexity index is 777. The van der Waals surface area contributed by atoms with Crippen LogP contribution in [-0.4, -0.2) is 26.5 Å². The summed E-state index contributed by atoms with van der Waals surface area (Å²) < 4.78 is 44.8. The zero-order valence-corrected chi connectivity index (χ0v) is 10.6. The summed E-state index contributed by atoms with van der Waals surface area (Å²) in [5, 5.41) is 7.67. The first-order valence-electron chi connectivity index (χ1n) is 6.06. The largest absolute Gasteiger partial charge is 0.435 e. The van der Waals surface area contributed by atoms with Crippen molar-refractivity contribution in [1.82, 2.24) is 20.0 Å². The van der Waals surface area contributed by atoms with Crippen molar-refractivity contribution in [1.29, 1.82) is 0 Å². The van der Waals surface area contributed by atoms with Gasteiger partial charge in [0, 0.05) is 6.54 Å². The van der Waals surface area contributed by atoms with Gasteiger partial charge in [-0.1, -0.05) is 5.21 Å². The number of hydrogen-bond donors (Lipinski definition) is 1. The Morgan fingerprint density at radius 1 is 1.29 bits per heavy atom. The van der Waals surface area contributed by atoms with E-state index in [2.05, 4.69) is 15.3 Å². The number of aromatic nitrogens is 4. The van der Waals surface area contributed by atoms with Crippen LogP contribution in [-0.2, 0) is 12.7 Å². The second-order valence-electron chi connectivity index (χ2n) is 4.35. The van der Waals surface area contributed by atoms with Gasteiger partial charge in [0.25, 0.3) is 0 Å². The minimum absolute atomic E-state index is 0.118. The fourth-order valence-electron chi connectivity index (χ4n) is 1.85. The molecule has 0 aliphatic heterocycles. The van der Waals surface area contributed by atoms with Crippen molar-refractivity contribution in [2.24, 2.45) is 5.73 Å². The molecule has 1 aromatic carbocycles. The number of halogens is 3. The molecule has 9 heteroatoms. The van der Waals surface area contributed by atoms with Crippen molar-refractivity contribution < 1.29 is 17.6 Å². The molecule has 0 aliphatic rings. The predicted octanol–water partition coefficient (Wildman–Crippen LogP) is 2.06. The van der Waals surface area contributed by atoms with Gasteiger partial charge in [-0.15, -0.1) is 5.10 Å². The molecule has 3 aromatic rings. The maximum absolute atomic E-state index is 12.6. The Kier molecular flexibility index (Phi) is 3.13. The highest BCUT2D eigenvalue weighted by Crippen LogP contribution is 2.32. The van der Waals surface area contributed by atoms with Crippen molar-refractivity contribution in [2.45, 2.75) is 12.7 Å². The molecule has 0 aliphatic carbocycles. The van der Waals surface area contributed by atoms with Gasteiger partial charge in [0.2, 0.25) is 5.89 Å². The highest BCUT2D eigenvalue weighted by molar-refractivity contribution is 5.76. The van der Waals surface area contributed by atoms with Crippen LogP contribution >= 0.6 is 0 Å². The Labute approximate surface area is 116 Å². The molecule has 2 aromatic heterocycles. The Hall–Kier alpha value is -2.42. The number of fused-ring (bicyclic) bond motifs is 1. The molecular weight excluding hydrogens is 287 g/mol. The van der Waals surface area contributed by atoms with E-state index in [9.17, 15) is 13.2 Å². The lowest BCUT2D eigenvalue weighted by atomic mass is 10.2. The van der Waals surface area contributed by atoms with Crippen LogP contribution in [0.5, 0.6) is 0 Å². The Balaban J connectivity index is 2.00. The SMILES string of the molecule is NCCn1cc(-c2nc3cc(C(F)(F)F)ccc3o2)nn1. The molecule has 0 bridgehead atoms. The number of hydrogen-bond acceptors (Lipinski definition) is 5. The highest BCUT2D eigenvalue weighted by Gasteiger charge is 2.31. The van der Waals surface area contributed by atoms with Gasteiger partial charge >= 0.3 is 6.18 Å². The molecule has 0 atom stereocenters. The van der Waals surface area contributed by atoms with Gasteiger partial charge in [-0.05, 0) is 18.2 Å². The van der Waals surface area contributed by atoms with Gasteiger partial charge in [0.1, 0.15) is 5.52 Å². The lowest BCUT2D eigenvalue weighted by molar-refractivity contribution is -0.137. The lowest BCUT2D eigenvalue weighted by Gasteiger charge is -2.04. The van der Waals surface area contributed by atoms with Crippen LogP contribution in [0.1, 0.15) is 5.56 Å². The standard InChI is InChI=1S/C12H10F3N5O/c13-12(14,15)7-1-2-10-8(5-7)17-11(21-10)9-6-20(4-3-16)19-18-9/h1-2,5-6H,3-4,16H2. The van der Waals surface area contributed by atoms with E-state index in [0.29, 0.717) is 18.8 Å². The summed E-state index contributed by atoms with van der Waals surface area (Å²) in [6, 6.07) is 3.12. The van der Waals surface area contributed by atoms with E-state index in [1.165, 1.54) is 10.7 Å². The maximum Gasteiger partial charge on any atom is 0.416 e. The van der Waals surface area contributed by atoms with E-state index in [1.807, 2.05) is 0 Å². The normalized spacial score (nSPS) is 12.2. The van der Waals surface area contributed by atoms with Crippen LogP contribution in [0.3, 0.4) is 0 Å². The summed E-state index contributed by atoms with van der Waals surface area (Å²) in [5.74, 6) is 0.118. The molecule has 0 radical (unpaired) electrons. The topological polar surface area (TPSA) is 82.8 Å². The summed E-state index contributed by atoms with van der Waals surface area (Å²) in [6.07, 6.45) is -2.85. The van der Waals surface area contributed by atoms with Crippen LogP contribution in [0.25, 0.3) is 22.7 Å². The van der Waals surface area contributed by atoms with Gasteiger partial charge in [-0.2, -0.15) is 13.2 Å². The van der Waals surface area contributed by atoms with Crippen molar-refractivity contribution in [3.63, 3.8) is 0 Å². The molecule has 6 nitrogen and oxygen atoms in total. The number of nitrogens with two attached hydrogens (primary N) is 1. The summed E-state index contributed by atoms with van der Waals surface area (Å²) in [7, 11) is 0. The van der Waals surface area contributed by atoms with Crippen molar-refractivity contribution in [3.8, 4) is 11.6 Å². The average molecular weight is 297 g/mol. The molecule has 3 rings (SSSR count). The zero-order valence-electron chi connectivity index (χ0n) is 10.6. The van der Waals surface area contributed by atoms with Crippen molar-refractivity contribution >= 4 is 11.1 Å². The van der Waals surface area contributed by atoms with Gasteiger partial charge in [-0.3, -0.25) is 4.68 Å². The summed E-state index contributed by atoms with van der Waals surface area (Å²) in [5.41, 5.74) is 5.33. The number of alkyl halides is 3. The first kappa shape index (κ1) is 13.6. The average Bonchev–Trinajstić information content (AvgIpc) is 3.02. The molecule has 0 spiro atoms. The minimum atomic E-state index is -4.42. The third kappa shape index (κ3) is 2.59. The molecule has 21 heavy (non-hydrogen) atoms. The molecule has 2 N–H and O–H groups in total. The first-order chi connectivity index (χ1) is 9.97. The number of benzene rings is 1. The van der Waals surface area contributed by atoms with Crippen LogP contribution < -0.4 is 5.73 Å². The van der Waals surface area contributed by atoms with E-state index in [4.69, 9.17) is 10.2 Å². The smallest absolute Gasteiger partial charge is 0.416 e. The molecule has 0 saturated carbocycles. The van der Waals surface area contributed by atoms with E-state index in [1.54, 1.807) is 6.20 Å². The summed E-state index contributed by atoms with van der Waals surface area (Å²) in [4.78, 5) is 4.02. The third-order valence-electron chi connectivity index (χ3n) is 2.83. The predicted molar refractivity (Wildman–Crippen MR) is 67.1 cm³/mol. The van der Waals surface area contributed by atoms with Crippen molar-refractivity contribution in [2.75, 3.05) is 6.54 Å². The van der Waals surface area contributed by atoms with E-state index >= 15 is 0 Å². The quantitative estimate of drug-likeness (QED) is 0.800. The van der Waals surface area contributed by atoms with Crippen molar-refractivity contribution in [3.05, 3.63) is 30.0 Å². The van der Waals surface area contributed by atoms with E-state index in [-0.39, 0.29) is 17.0 Å². The third-order valence-corrected chi connectivity index (χ3v) is 2.83. The second-order valence-corrected chi connectivity index (χ2v) is 4.35. The fraction of sp³-hybridized carbons (Fsp3) is 0.250. The summed E-state index contributed by atoms with van der Waals surface area (Å²) in [6.45, 7) is 0.872. The molecule has 110 valence electrons. The van der Waals surface area contributed by atoms with Gasteiger partial charge < -0.3 is 10.2 Å². The Morgan fingerprint density at radius 3 is 2.81 bits per heavy atom. The van der Waals surface area contributed by atoms with E-state index < -0.39 is 11.7 Å². The maximum atomic E-state index is 12.6. The van der Waals surface area contributed by atoms with Crippen LogP contribution in [0, 0.1) is 0 Å². The van der Waals surface area contributed by atoms with Crippen LogP contribution in [0.2, 0.25) is 0 Å². The Morgan fingerprint density at radius 2 is 2.10 bits per heavy atom. The molecular formula is C12H10F3N5O. The van der Waals surface area contributed by atoms with E-state index in [0.717, 1.165) is 12.1 Å². The van der Waals surface area contributed by atoms with Crippen LogP contribution in [0.15, 0.2) is 28.8 Å². The lowest BCUT2D eigenvalue weighted by Crippen LogP contribution is -2.10. The zero-order chi connectivity index (χ0) is 15.0. The minimum Gasteiger partial charge on any atom is -0.435 e. The highest BCUT2D eigenvalue weighted by atomic mass is 19.4. The molecule has 0 fully saturated rings. The number of oxazole rings is 1. The monoisotopic (exact) mass is 297 g/mol. The molecule has 2 heterocycles.